The van der Waals surface area contributed by atoms with Crippen molar-refractivity contribution in [3.05, 3.63) is 42.1 Å². The van der Waals surface area contributed by atoms with Crippen LogP contribution in [0.25, 0.3) is 10.9 Å². The van der Waals surface area contributed by atoms with Crippen molar-refractivity contribution >= 4 is 16.9 Å². The molecule has 2 rings (SSSR count). The van der Waals surface area contributed by atoms with E-state index in [-0.39, 0.29) is 18.6 Å². The summed E-state index contributed by atoms with van der Waals surface area (Å²) in [5, 5.41) is 5.52. The Kier molecular flexibility index (Phi) is 4.23. The lowest BCUT2D eigenvalue weighted by molar-refractivity contribution is -0.152. The number of nitrogens with zero attached hydrogens (tertiary/aromatic N) is 2. The van der Waals surface area contributed by atoms with Crippen molar-refractivity contribution < 1.29 is 9.53 Å². The minimum Gasteiger partial charge on any atom is -0.442 e. The molecule has 0 fully saturated rings. The molecule has 0 bridgehead atoms. The largest absolute Gasteiger partial charge is 0.442 e. The monoisotopic (exact) mass is 272 g/mol. The highest BCUT2D eigenvalue weighted by Gasteiger charge is 2.13. The maximum Gasteiger partial charge on any atom is 0.310 e. The maximum atomic E-state index is 11.7. The summed E-state index contributed by atoms with van der Waals surface area (Å²) in [7, 11) is 0. The summed E-state index contributed by atoms with van der Waals surface area (Å²) in [6.45, 7) is 9.69. The Labute approximate surface area is 119 Å². The van der Waals surface area contributed by atoms with Crippen molar-refractivity contribution in [3.8, 4) is 0 Å². The first-order chi connectivity index (χ1) is 9.51. The molecule has 1 aromatic carbocycles. The number of fused-ring (bicyclic) bond motifs is 1. The van der Waals surface area contributed by atoms with Gasteiger partial charge in [0, 0.05) is 11.6 Å². The van der Waals surface area contributed by atoms with E-state index in [0.717, 1.165) is 16.5 Å². The molecule has 0 spiro atoms. The molecule has 0 saturated carbocycles. The van der Waals surface area contributed by atoms with Crippen LogP contribution in [0.2, 0.25) is 0 Å². The van der Waals surface area contributed by atoms with Gasteiger partial charge in [0.2, 0.25) is 0 Å². The van der Waals surface area contributed by atoms with Crippen LogP contribution in [0, 0.1) is 19.8 Å². The van der Waals surface area contributed by atoms with Crippen LogP contribution >= 0.6 is 0 Å². The molecule has 4 heteroatoms. The number of aryl methyl sites for hydroxylation is 2. The number of rotatable bonds is 5. The Balaban J connectivity index is 2.09. The second kappa shape index (κ2) is 5.90. The lowest BCUT2D eigenvalue weighted by Crippen LogP contribution is -2.16. The lowest BCUT2D eigenvalue weighted by Gasteiger charge is -2.09. The predicted octanol–water partition coefficient (Wildman–Crippen LogP) is 3.37. The number of esters is 1. The molecule has 1 unspecified atom stereocenters. The van der Waals surface area contributed by atoms with Gasteiger partial charge in [-0.25, -0.2) is 4.68 Å². The summed E-state index contributed by atoms with van der Waals surface area (Å²) in [6.07, 6.45) is 4.25. The Morgan fingerprint density at radius 2 is 2.25 bits per heavy atom. The number of carbonyl (C=O) groups is 1. The SMILES string of the molecule is C=CCC(C)C(=O)OCn1cc2cc(C)cc(C)c2n1. The molecule has 0 saturated heterocycles. The first-order valence-electron chi connectivity index (χ1n) is 6.73. The molecule has 0 aliphatic carbocycles. The number of benzene rings is 1. The van der Waals surface area contributed by atoms with E-state index >= 15 is 0 Å². The summed E-state index contributed by atoms with van der Waals surface area (Å²) >= 11 is 0. The van der Waals surface area contributed by atoms with E-state index in [2.05, 4.69) is 30.7 Å². The molecule has 1 atom stereocenters. The summed E-state index contributed by atoms with van der Waals surface area (Å²) in [6, 6.07) is 4.17. The summed E-state index contributed by atoms with van der Waals surface area (Å²) in [5.74, 6) is -0.390. The van der Waals surface area contributed by atoms with Crippen LogP contribution in [0.1, 0.15) is 24.5 Å². The Morgan fingerprint density at radius 1 is 1.50 bits per heavy atom. The van der Waals surface area contributed by atoms with Gasteiger partial charge in [0.15, 0.2) is 6.73 Å². The second-order valence-electron chi connectivity index (χ2n) is 5.21. The van der Waals surface area contributed by atoms with E-state index in [4.69, 9.17) is 4.74 Å². The molecule has 1 heterocycles. The molecule has 0 aliphatic rings. The van der Waals surface area contributed by atoms with Crippen molar-refractivity contribution in [2.45, 2.75) is 33.9 Å². The number of aromatic nitrogens is 2. The topological polar surface area (TPSA) is 44.1 Å². The van der Waals surface area contributed by atoms with Crippen LogP contribution in [-0.2, 0) is 16.3 Å². The molecular weight excluding hydrogens is 252 g/mol. The van der Waals surface area contributed by atoms with E-state index in [9.17, 15) is 4.79 Å². The van der Waals surface area contributed by atoms with Crippen molar-refractivity contribution in [3.63, 3.8) is 0 Å². The van der Waals surface area contributed by atoms with E-state index < -0.39 is 0 Å². The van der Waals surface area contributed by atoms with Gasteiger partial charge in [0.25, 0.3) is 0 Å². The van der Waals surface area contributed by atoms with Gasteiger partial charge < -0.3 is 4.74 Å². The van der Waals surface area contributed by atoms with E-state index in [0.29, 0.717) is 6.42 Å². The quantitative estimate of drug-likeness (QED) is 0.619. The highest BCUT2D eigenvalue weighted by atomic mass is 16.5. The van der Waals surface area contributed by atoms with Gasteiger partial charge in [-0.05, 0) is 31.9 Å². The van der Waals surface area contributed by atoms with Gasteiger partial charge in [-0.1, -0.05) is 24.6 Å². The van der Waals surface area contributed by atoms with Crippen molar-refractivity contribution in [1.29, 1.82) is 0 Å². The van der Waals surface area contributed by atoms with Crippen LogP contribution in [0.15, 0.2) is 31.0 Å². The highest BCUT2D eigenvalue weighted by Crippen LogP contribution is 2.19. The van der Waals surface area contributed by atoms with Crippen molar-refractivity contribution in [2.24, 2.45) is 5.92 Å². The zero-order chi connectivity index (χ0) is 14.7. The van der Waals surface area contributed by atoms with Crippen LogP contribution in [0.4, 0.5) is 0 Å². The third-order valence-corrected chi connectivity index (χ3v) is 3.25. The van der Waals surface area contributed by atoms with Crippen LogP contribution in [0.3, 0.4) is 0 Å². The molecule has 0 aliphatic heterocycles. The van der Waals surface area contributed by atoms with Gasteiger partial charge in [-0.2, -0.15) is 5.10 Å². The predicted molar refractivity (Wildman–Crippen MR) is 79.3 cm³/mol. The van der Waals surface area contributed by atoms with Crippen molar-refractivity contribution in [2.75, 3.05) is 0 Å². The number of carbonyl (C=O) groups excluding carboxylic acids is 1. The highest BCUT2D eigenvalue weighted by molar-refractivity contribution is 5.82. The zero-order valence-electron chi connectivity index (χ0n) is 12.2. The van der Waals surface area contributed by atoms with E-state index in [1.807, 2.05) is 20.0 Å². The van der Waals surface area contributed by atoms with Crippen LogP contribution < -0.4 is 0 Å². The molecule has 1 aromatic heterocycles. The first kappa shape index (κ1) is 14.3. The molecule has 106 valence electrons. The number of allylic oxidation sites excluding steroid dienone is 1. The summed E-state index contributed by atoms with van der Waals surface area (Å²) in [4.78, 5) is 11.7. The number of hydrogen-bond donors (Lipinski definition) is 0. The van der Waals surface area contributed by atoms with E-state index in [1.165, 1.54) is 5.56 Å². The maximum absolute atomic E-state index is 11.7. The second-order valence-corrected chi connectivity index (χ2v) is 5.21. The number of ether oxygens (including phenoxy) is 1. The summed E-state index contributed by atoms with van der Waals surface area (Å²) < 4.78 is 6.92. The third-order valence-electron chi connectivity index (χ3n) is 3.25. The molecule has 0 amide bonds. The first-order valence-corrected chi connectivity index (χ1v) is 6.73. The Bertz CT molecular complexity index is 643. The Hall–Kier alpha value is -2.10. The fourth-order valence-corrected chi connectivity index (χ4v) is 2.23. The minimum absolute atomic E-state index is 0.146. The standard InChI is InChI=1S/C16H20N2O2/c1-5-6-12(3)16(19)20-10-18-9-14-8-11(2)7-13(4)15(14)17-18/h5,7-9,12H,1,6,10H2,2-4H3. The normalized spacial score (nSPS) is 12.3. The van der Waals surface area contributed by atoms with Gasteiger partial charge in [-0.3, -0.25) is 4.79 Å². The van der Waals surface area contributed by atoms with Crippen molar-refractivity contribution in [1.82, 2.24) is 9.78 Å². The van der Waals surface area contributed by atoms with Crippen LogP contribution in [-0.4, -0.2) is 15.7 Å². The fourth-order valence-electron chi connectivity index (χ4n) is 2.23. The minimum atomic E-state index is -0.225. The average Bonchev–Trinajstić information content (AvgIpc) is 2.79. The molecule has 0 radical (unpaired) electrons. The molecule has 2 aromatic rings. The molecular formula is C16H20N2O2. The van der Waals surface area contributed by atoms with Gasteiger partial charge in [-0.15, -0.1) is 6.58 Å². The number of hydrogen-bond acceptors (Lipinski definition) is 3. The van der Waals surface area contributed by atoms with Gasteiger partial charge >= 0.3 is 5.97 Å². The van der Waals surface area contributed by atoms with Gasteiger partial charge in [0.05, 0.1) is 11.4 Å². The molecule has 20 heavy (non-hydrogen) atoms. The van der Waals surface area contributed by atoms with Gasteiger partial charge in [0.1, 0.15) is 0 Å². The lowest BCUT2D eigenvalue weighted by atomic mass is 10.1. The smallest absolute Gasteiger partial charge is 0.310 e. The average molecular weight is 272 g/mol. The third kappa shape index (κ3) is 3.07. The molecule has 4 nitrogen and oxygen atoms in total. The Morgan fingerprint density at radius 3 is 2.95 bits per heavy atom. The van der Waals surface area contributed by atoms with E-state index in [1.54, 1.807) is 10.8 Å². The molecule has 0 N–H and O–H groups in total. The fraction of sp³-hybridized carbons (Fsp3) is 0.375. The zero-order valence-corrected chi connectivity index (χ0v) is 12.2. The summed E-state index contributed by atoms with van der Waals surface area (Å²) in [5.41, 5.74) is 3.28. The van der Waals surface area contributed by atoms with Crippen LogP contribution in [0.5, 0.6) is 0 Å².